The highest BCUT2D eigenvalue weighted by molar-refractivity contribution is 7.12. The number of fused-ring (bicyclic) bond motifs is 1. The molecule has 0 aliphatic heterocycles. The quantitative estimate of drug-likeness (QED) is 0.404. The van der Waals surface area contributed by atoms with Crippen molar-refractivity contribution in [1.82, 2.24) is 14.5 Å². The average Bonchev–Trinajstić information content (AvgIpc) is 3.21. The molecule has 6 heteroatoms. The van der Waals surface area contributed by atoms with Gasteiger partial charge in [0, 0.05) is 28.2 Å². The second-order valence-electron chi connectivity index (χ2n) is 4.96. The third-order valence-corrected chi connectivity index (χ3v) is 4.59. The molecule has 0 N–H and O–H groups in total. The molecule has 0 bridgehead atoms. The van der Waals surface area contributed by atoms with E-state index in [1.165, 1.54) is 11.3 Å². The van der Waals surface area contributed by atoms with E-state index in [2.05, 4.69) is 9.97 Å². The maximum atomic E-state index is 10.9. The molecular formula is C17H10ClN3OS. The number of aldehydes is 1. The molecule has 0 amide bonds. The van der Waals surface area contributed by atoms with Crippen LogP contribution in [0.4, 0.5) is 0 Å². The minimum atomic E-state index is 0.183. The van der Waals surface area contributed by atoms with E-state index in [-0.39, 0.29) is 5.28 Å². The number of hydrogen-bond acceptors (Lipinski definition) is 4. The third-order valence-electron chi connectivity index (χ3n) is 3.56. The Balaban J connectivity index is 1.97. The lowest BCUT2D eigenvalue weighted by Crippen LogP contribution is -1.96. The summed E-state index contributed by atoms with van der Waals surface area (Å²) in [5, 5.41) is 2.98. The minimum absolute atomic E-state index is 0.183. The maximum Gasteiger partial charge on any atom is 0.224 e. The minimum Gasteiger partial charge on any atom is -0.301 e. The summed E-state index contributed by atoms with van der Waals surface area (Å²) in [6.45, 7) is 0. The van der Waals surface area contributed by atoms with Gasteiger partial charge in [-0.2, -0.15) is 4.98 Å². The van der Waals surface area contributed by atoms with E-state index in [0.29, 0.717) is 4.88 Å². The highest BCUT2D eigenvalue weighted by atomic mass is 35.5. The van der Waals surface area contributed by atoms with Crippen LogP contribution >= 0.6 is 22.9 Å². The molecule has 4 nitrogen and oxygen atoms in total. The number of nitrogens with zero attached hydrogens (tertiary/aromatic N) is 3. The van der Waals surface area contributed by atoms with Crippen molar-refractivity contribution < 1.29 is 4.79 Å². The molecule has 0 fully saturated rings. The van der Waals surface area contributed by atoms with Gasteiger partial charge in [-0.15, -0.1) is 11.3 Å². The first-order valence-electron chi connectivity index (χ1n) is 6.90. The fraction of sp³-hybridized carbons (Fsp3) is 0. The van der Waals surface area contributed by atoms with Crippen LogP contribution in [0.3, 0.4) is 0 Å². The van der Waals surface area contributed by atoms with E-state index in [1.807, 2.05) is 58.6 Å². The highest BCUT2D eigenvalue weighted by Gasteiger charge is 2.14. The molecule has 23 heavy (non-hydrogen) atoms. The van der Waals surface area contributed by atoms with Gasteiger partial charge in [0.2, 0.25) is 5.28 Å². The van der Waals surface area contributed by atoms with Crippen molar-refractivity contribution >= 4 is 40.3 Å². The molecule has 3 heterocycles. The molecule has 112 valence electrons. The summed E-state index contributed by atoms with van der Waals surface area (Å²) in [5.74, 6) is 0. The van der Waals surface area contributed by atoms with Crippen LogP contribution in [0.5, 0.6) is 0 Å². The summed E-state index contributed by atoms with van der Waals surface area (Å²) in [6, 6.07) is 13.7. The summed E-state index contributed by atoms with van der Waals surface area (Å²) in [4.78, 5) is 20.3. The normalized spacial score (nSPS) is 11.0. The Labute approximate surface area is 141 Å². The molecule has 0 aliphatic rings. The predicted molar refractivity (Wildman–Crippen MR) is 92.6 cm³/mol. The van der Waals surface area contributed by atoms with Crippen LogP contribution < -0.4 is 0 Å². The Hall–Kier alpha value is -2.50. The zero-order chi connectivity index (χ0) is 15.8. The van der Waals surface area contributed by atoms with Crippen LogP contribution in [-0.2, 0) is 0 Å². The van der Waals surface area contributed by atoms with Gasteiger partial charge in [-0.05, 0) is 35.9 Å². The van der Waals surface area contributed by atoms with Gasteiger partial charge in [0.05, 0.1) is 10.6 Å². The molecule has 4 rings (SSSR count). The molecular weight excluding hydrogens is 330 g/mol. The Kier molecular flexibility index (Phi) is 3.44. The number of thiophene rings is 1. The second kappa shape index (κ2) is 5.61. The molecule has 0 saturated heterocycles. The van der Waals surface area contributed by atoms with Crippen molar-refractivity contribution in [3.8, 4) is 16.9 Å². The largest absolute Gasteiger partial charge is 0.301 e. The van der Waals surface area contributed by atoms with Gasteiger partial charge in [0.15, 0.2) is 6.29 Å². The van der Waals surface area contributed by atoms with Crippen LogP contribution in [0, 0.1) is 0 Å². The fourth-order valence-corrected chi connectivity index (χ4v) is 3.40. The highest BCUT2D eigenvalue weighted by Crippen LogP contribution is 2.31. The number of halogens is 1. The lowest BCUT2D eigenvalue weighted by atomic mass is 10.1. The first kappa shape index (κ1) is 14.1. The lowest BCUT2D eigenvalue weighted by Gasteiger charge is -2.06. The molecule has 0 saturated carbocycles. The smallest absolute Gasteiger partial charge is 0.224 e. The monoisotopic (exact) mass is 339 g/mol. The van der Waals surface area contributed by atoms with Gasteiger partial charge in [0.1, 0.15) is 5.65 Å². The van der Waals surface area contributed by atoms with Gasteiger partial charge in [-0.25, -0.2) is 4.98 Å². The summed E-state index contributed by atoms with van der Waals surface area (Å²) < 4.78 is 1.97. The molecule has 0 radical (unpaired) electrons. The van der Waals surface area contributed by atoms with Crippen molar-refractivity contribution in [3.63, 3.8) is 0 Å². The van der Waals surface area contributed by atoms with Crippen LogP contribution in [0.1, 0.15) is 9.67 Å². The van der Waals surface area contributed by atoms with Gasteiger partial charge in [0.25, 0.3) is 0 Å². The Morgan fingerprint density at radius 3 is 2.70 bits per heavy atom. The Morgan fingerprint density at radius 1 is 1.13 bits per heavy atom. The number of hydrogen-bond donors (Lipinski definition) is 0. The zero-order valence-corrected chi connectivity index (χ0v) is 13.4. The number of rotatable bonds is 3. The molecule has 0 spiro atoms. The van der Waals surface area contributed by atoms with Crippen molar-refractivity contribution in [2.24, 2.45) is 0 Å². The Morgan fingerprint density at radius 2 is 1.96 bits per heavy atom. The first-order chi connectivity index (χ1) is 11.3. The van der Waals surface area contributed by atoms with Gasteiger partial charge in [-0.1, -0.05) is 18.2 Å². The summed E-state index contributed by atoms with van der Waals surface area (Å²) >= 11 is 7.51. The number of para-hydroxylation sites is 1. The average molecular weight is 340 g/mol. The van der Waals surface area contributed by atoms with E-state index in [0.717, 1.165) is 34.3 Å². The van der Waals surface area contributed by atoms with Crippen molar-refractivity contribution in [2.45, 2.75) is 0 Å². The number of carbonyl (C=O) groups is 1. The summed E-state index contributed by atoms with van der Waals surface area (Å²) in [5.41, 5.74) is 3.35. The maximum absolute atomic E-state index is 10.9. The van der Waals surface area contributed by atoms with E-state index in [4.69, 9.17) is 11.6 Å². The van der Waals surface area contributed by atoms with Gasteiger partial charge in [-0.3, -0.25) is 4.79 Å². The lowest BCUT2D eigenvalue weighted by molar-refractivity contribution is 0.112. The number of carbonyl (C=O) groups excluding carboxylic acids is 1. The number of benzene rings is 1. The summed E-state index contributed by atoms with van der Waals surface area (Å²) in [6.07, 6.45) is 2.78. The molecule has 0 unspecified atom stereocenters. The van der Waals surface area contributed by atoms with Crippen LogP contribution in [0.15, 0.2) is 54.0 Å². The number of aromatic nitrogens is 3. The van der Waals surface area contributed by atoms with E-state index >= 15 is 0 Å². The van der Waals surface area contributed by atoms with E-state index in [9.17, 15) is 4.79 Å². The first-order valence-corrected chi connectivity index (χ1v) is 8.16. The van der Waals surface area contributed by atoms with E-state index in [1.54, 1.807) is 0 Å². The predicted octanol–water partition coefficient (Wildman–Crippen LogP) is 4.61. The molecule has 1 aromatic carbocycles. The van der Waals surface area contributed by atoms with Crippen molar-refractivity contribution in [1.29, 1.82) is 0 Å². The Bertz CT molecular complexity index is 1010. The van der Waals surface area contributed by atoms with Crippen LogP contribution in [-0.4, -0.2) is 20.8 Å². The standard InChI is InChI=1S/C17H10ClN3OS/c18-17-19-15(11-8-13(9-22)23-10-11)14-6-7-21(16(14)20-17)12-4-2-1-3-5-12/h1-10H. The van der Waals surface area contributed by atoms with Crippen LogP contribution in [0.25, 0.3) is 28.0 Å². The molecule has 0 aliphatic carbocycles. The SMILES string of the molecule is O=Cc1cc(-c2nc(Cl)nc3c2ccn3-c2ccccc2)cs1. The second-order valence-corrected chi connectivity index (χ2v) is 6.24. The molecule has 0 atom stereocenters. The summed E-state index contributed by atoms with van der Waals surface area (Å²) in [7, 11) is 0. The third kappa shape index (κ3) is 2.44. The van der Waals surface area contributed by atoms with Gasteiger partial charge < -0.3 is 4.57 Å². The van der Waals surface area contributed by atoms with Gasteiger partial charge >= 0.3 is 0 Å². The van der Waals surface area contributed by atoms with E-state index < -0.39 is 0 Å². The topological polar surface area (TPSA) is 47.8 Å². The zero-order valence-electron chi connectivity index (χ0n) is 11.8. The van der Waals surface area contributed by atoms with Crippen molar-refractivity contribution in [3.05, 3.63) is 64.2 Å². The van der Waals surface area contributed by atoms with Crippen LogP contribution in [0.2, 0.25) is 5.28 Å². The fourth-order valence-electron chi connectivity index (χ4n) is 2.54. The molecule has 3 aromatic heterocycles. The van der Waals surface area contributed by atoms with Crippen molar-refractivity contribution in [2.75, 3.05) is 0 Å². The molecule has 4 aromatic rings.